The Morgan fingerprint density at radius 2 is 2.50 bits per heavy atom. The number of hydrogen-bond donors (Lipinski definition) is 3. The summed E-state index contributed by atoms with van der Waals surface area (Å²) in [5.74, 6) is -0.0920. The van der Waals surface area contributed by atoms with Crippen LogP contribution in [0, 0.1) is 0 Å². The quantitative estimate of drug-likeness (QED) is 0.680. The van der Waals surface area contributed by atoms with Crippen molar-refractivity contribution >= 4 is 17.5 Å². The standard InChI is InChI=1S/C9H12ClN3O/c10-6-3-8(12-4-6)9(14)13-7-1-2-11-5-7/h3-4,7,11-12H,1-2,5H2,(H,13,14)/t7-/m1/s1. The van der Waals surface area contributed by atoms with Gasteiger partial charge in [0, 0.05) is 18.8 Å². The van der Waals surface area contributed by atoms with Gasteiger partial charge in [-0.15, -0.1) is 0 Å². The molecule has 1 fully saturated rings. The Morgan fingerprint density at radius 1 is 1.64 bits per heavy atom. The largest absolute Gasteiger partial charge is 0.356 e. The van der Waals surface area contributed by atoms with Crippen molar-refractivity contribution in [1.29, 1.82) is 0 Å². The van der Waals surface area contributed by atoms with E-state index in [1.54, 1.807) is 12.3 Å². The summed E-state index contributed by atoms with van der Waals surface area (Å²) in [6.07, 6.45) is 2.59. The predicted molar refractivity (Wildman–Crippen MR) is 54.5 cm³/mol. The van der Waals surface area contributed by atoms with Crippen molar-refractivity contribution < 1.29 is 4.79 Å². The van der Waals surface area contributed by atoms with Crippen LogP contribution < -0.4 is 10.6 Å². The fourth-order valence-electron chi connectivity index (χ4n) is 1.54. The van der Waals surface area contributed by atoms with E-state index in [1.807, 2.05) is 0 Å². The number of aromatic nitrogens is 1. The lowest BCUT2D eigenvalue weighted by atomic mass is 10.2. The third kappa shape index (κ3) is 2.08. The molecule has 76 valence electrons. The van der Waals surface area contributed by atoms with Gasteiger partial charge in [-0.25, -0.2) is 0 Å². The molecule has 0 radical (unpaired) electrons. The van der Waals surface area contributed by atoms with Crippen molar-refractivity contribution in [3.63, 3.8) is 0 Å². The lowest BCUT2D eigenvalue weighted by Crippen LogP contribution is -2.36. The third-order valence-corrected chi connectivity index (χ3v) is 2.51. The number of aromatic amines is 1. The molecule has 0 aliphatic carbocycles. The Labute approximate surface area is 87.0 Å². The summed E-state index contributed by atoms with van der Waals surface area (Å²) in [7, 11) is 0. The van der Waals surface area contributed by atoms with Crippen molar-refractivity contribution in [3.05, 3.63) is 23.0 Å². The topological polar surface area (TPSA) is 56.9 Å². The van der Waals surface area contributed by atoms with Gasteiger partial charge in [0.2, 0.25) is 0 Å². The maximum atomic E-state index is 11.6. The summed E-state index contributed by atoms with van der Waals surface area (Å²) < 4.78 is 0. The van der Waals surface area contributed by atoms with E-state index >= 15 is 0 Å². The smallest absolute Gasteiger partial charge is 0.268 e. The van der Waals surface area contributed by atoms with Crippen LogP contribution in [-0.4, -0.2) is 30.0 Å². The Bertz CT molecular complexity index is 331. The zero-order chi connectivity index (χ0) is 9.97. The maximum Gasteiger partial charge on any atom is 0.268 e. The molecular weight excluding hydrogens is 202 g/mol. The van der Waals surface area contributed by atoms with Crippen LogP contribution in [0.4, 0.5) is 0 Å². The first-order chi connectivity index (χ1) is 6.75. The molecule has 5 heteroatoms. The zero-order valence-electron chi connectivity index (χ0n) is 7.64. The Hall–Kier alpha value is -1.00. The van der Waals surface area contributed by atoms with Crippen molar-refractivity contribution in [3.8, 4) is 0 Å². The highest BCUT2D eigenvalue weighted by molar-refractivity contribution is 6.30. The van der Waals surface area contributed by atoms with Crippen molar-refractivity contribution in [1.82, 2.24) is 15.6 Å². The molecule has 2 heterocycles. The second-order valence-electron chi connectivity index (χ2n) is 3.39. The molecule has 0 aromatic carbocycles. The molecule has 1 aromatic rings. The molecule has 1 atom stereocenters. The van der Waals surface area contributed by atoms with Crippen LogP contribution in [0.5, 0.6) is 0 Å². The Balaban J connectivity index is 1.95. The molecule has 1 saturated heterocycles. The minimum Gasteiger partial charge on any atom is -0.356 e. The molecule has 0 spiro atoms. The molecule has 1 aliphatic rings. The van der Waals surface area contributed by atoms with Crippen LogP contribution in [0.1, 0.15) is 16.9 Å². The van der Waals surface area contributed by atoms with Crippen LogP contribution >= 0.6 is 11.6 Å². The van der Waals surface area contributed by atoms with E-state index in [2.05, 4.69) is 15.6 Å². The number of amides is 1. The summed E-state index contributed by atoms with van der Waals surface area (Å²) in [4.78, 5) is 14.4. The van der Waals surface area contributed by atoms with Gasteiger partial charge < -0.3 is 15.6 Å². The van der Waals surface area contributed by atoms with Gasteiger partial charge in [-0.05, 0) is 19.0 Å². The Kier molecular flexibility index (Phi) is 2.74. The SMILES string of the molecule is O=C(N[C@@H]1CCNC1)c1cc(Cl)c[nH]1. The predicted octanol–water partition coefficient (Wildman–Crippen LogP) is 0.760. The highest BCUT2D eigenvalue weighted by atomic mass is 35.5. The average molecular weight is 214 g/mol. The minimum atomic E-state index is -0.0920. The van der Waals surface area contributed by atoms with Crippen LogP contribution in [0.3, 0.4) is 0 Å². The summed E-state index contributed by atoms with van der Waals surface area (Å²) in [6, 6.07) is 1.86. The summed E-state index contributed by atoms with van der Waals surface area (Å²) in [5, 5.41) is 6.66. The number of carbonyl (C=O) groups is 1. The van der Waals surface area contributed by atoms with Crippen molar-refractivity contribution in [2.24, 2.45) is 0 Å². The number of hydrogen-bond acceptors (Lipinski definition) is 2. The number of H-pyrrole nitrogens is 1. The lowest BCUT2D eigenvalue weighted by Gasteiger charge is -2.09. The second kappa shape index (κ2) is 4.02. The molecular formula is C9H12ClN3O. The number of nitrogens with one attached hydrogen (secondary N) is 3. The number of carbonyl (C=O) groups excluding carboxylic acids is 1. The number of rotatable bonds is 2. The molecule has 1 aliphatic heterocycles. The highest BCUT2D eigenvalue weighted by Crippen LogP contribution is 2.09. The first-order valence-corrected chi connectivity index (χ1v) is 4.99. The summed E-state index contributed by atoms with van der Waals surface area (Å²) in [6.45, 7) is 1.82. The zero-order valence-corrected chi connectivity index (χ0v) is 8.40. The second-order valence-corrected chi connectivity index (χ2v) is 3.83. The molecule has 2 rings (SSSR count). The van der Waals surface area contributed by atoms with Gasteiger partial charge in [-0.3, -0.25) is 4.79 Å². The van der Waals surface area contributed by atoms with Crippen molar-refractivity contribution in [2.75, 3.05) is 13.1 Å². The van der Waals surface area contributed by atoms with Crippen LogP contribution in [0.2, 0.25) is 5.02 Å². The van der Waals surface area contributed by atoms with E-state index in [4.69, 9.17) is 11.6 Å². The highest BCUT2D eigenvalue weighted by Gasteiger charge is 2.17. The molecule has 4 nitrogen and oxygen atoms in total. The van der Waals surface area contributed by atoms with E-state index in [-0.39, 0.29) is 11.9 Å². The van der Waals surface area contributed by atoms with Crippen LogP contribution in [0.25, 0.3) is 0 Å². The van der Waals surface area contributed by atoms with E-state index in [0.717, 1.165) is 19.5 Å². The van der Waals surface area contributed by atoms with Crippen LogP contribution in [-0.2, 0) is 0 Å². The van der Waals surface area contributed by atoms with Gasteiger partial charge in [0.15, 0.2) is 0 Å². The monoisotopic (exact) mass is 213 g/mol. The van der Waals surface area contributed by atoms with Crippen LogP contribution in [0.15, 0.2) is 12.3 Å². The van der Waals surface area contributed by atoms with E-state index in [9.17, 15) is 4.79 Å². The normalized spacial score (nSPS) is 21.1. The molecule has 0 unspecified atom stereocenters. The van der Waals surface area contributed by atoms with Gasteiger partial charge in [0.25, 0.3) is 5.91 Å². The minimum absolute atomic E-state index is 0.0920. The van der Waals surface area contributed by atoms with Gasteiger partial charge in [-0.2, -0.15) is 0 Å². The van der Waals surface area contributed by atoms with E-state index in [0.29, 0.717) is 10.7 Å². The van der Waals surface area contributed by atoms with Gasteiger partial charge >= 0.3 is 0 Å². The first-order valence-electron chi connectivity index (χ1n) is 4.61. The van der Waals surface area contributed by atoms with Gasteiger partial charge in [0.1, 0.15) is 5.69 Å². The molecule has 0 bridgehead atoms. The summed E-state index contributed by atoms with van der Waals surface area (Å²) >= 11 is 5.70. The number of halogens is 1. The molecule has 1 aromatic heterocycles. The fourth-order valence-corrected chi connectivity index (χ4v) is 1.70. The average Bonchev–Trinajstić information content (AvgIpc) is 2.75. The van der Waals surface area contributed by atoms with E-state index < -0.39 is 0 Å². The fraction of sp³-hybridized carbons (Fsp3) is 0.444. The maximum absolute atomic E-state index is 11.6. The van der Waals surface area contributed by atoms with Gasteiger partial charge in [0.05, 0.1) is 5.02 Å². The summed E-state index contributed by atoms with van der Waals surface area (Å²) in [5.41, 5.74) is 0.516. The first kappa shape index (κ1) is 9.55. The lowest BCUT2D eigenvalue weighted by molar-refractivity contribution is 0.0935. The van der Waals surface area contributed by atoms with E-state index in [1.165, 1.54) is 0 Å². The molecule has 14 heavy (non-hydrogen) atoms. The molecule has 1 amide bonds. The van der Waals surface area contributed by atoms with Crippen molar-refractivity contribution in [2.45, 2.75) is 12.5 Å². The Morgan fingerprint density at radius 3 is 3.07 bits per heavy atom. The third-order valence-electron chi connectivity index (χ3n) is 2.29. The van der Waals surface area contributed by atoms with Gasteiger partial charge in [-0.1, -0.05) is 11.6 Å². The molecule has 0 saturated carbocycles. The molecule has 3 N–H and O–H groups in total.